The third-order valence-corrected chi connectivity index (χ3v) is 3.27. The Hall–Kier alpha value is -1.26. The Bertz CT molecular complexity index is 438. The van der Waals surface area contributed by atoms with Crippen molar-refractivity contribution in [2.24, 2.45) is 0 Å². The SMILES string of the molecule is CN(C)C(c1ccc2c(c1)OCCCO2)C(C)(C)O. The molecule has 0 aromatic heterocycles. The highest BCUT2D eigenvalue weighted by Gasteiger charge is 2.31. The number of benzene rings is 1. The van der Waals surface area contributed by atoms with Crippen LogP contribution in [0, 0.1) is 0 Å². The average Bonchev–Trinajstić information content (AvgIpc) is 2.51. The van der Waals surface area contributed by atoms with E-state index in [4.69, 9.17) is 9.47 Å². The number of nitrogens with zero attached hydrogens (tertiary/aromatic N) is 1. The van der Waals surface area contributed by atoms with E-state index in [2.05, 4.69) is 0 Å². The second-order valence-corrected chi connectivity index (χ2v) is 5.78. The molecule has 1 aliphatic heterocycles. The molecule has 2 rings (SSSR count). The van der Waals surface area contributed by atoms with Gasteiger partial charge in [-0.15, -0.1) is 0 Å². The first kappa shape index (κ1) is 14.2. The normalized spacial score (nSPS) is 17.2. The predicted octanol–water partition coefficient (Wildman–Crippen LogP) is 2.22. The van der Waals surface area contributed by atoms with Gasteiger partial charge in [0.05, 0.1) is 24.9 Å². The number of rotatable bonds is 3. The molecule has 19 heavy (non-hydrogen) atoms. The lowest BCUT2D eigenvalue weighted by atomic mass is 9.91. The minimum absolute atomic E-state index is 0.0929. The second-order valence-electron chi connectivity index (χ2n) is 5.78. The monoisotopic (exact) mass is 265 g/mol. The zero-order chi connectivity index (χ0) is 14.0. The number of hydrogen-bond acceptors (Lipinski definition) is 4. The molecule has 0 radical (unpaired) electrons. The Balaban J connectivity index is 2.37. The minimum atomic E-state index is -0.830. The van der Waals surface area contributed by atoms with Crippen molar-refractivity contribution in [2.75, 3.05) is 27.3 Å². The molecule has 0 spiro atoms. The summed E-state index contributed by atoms with van der Waals surface area (Å²) < 4.78 is 11.3. The van der Waals surface area contributed by atoms with Crippen LogP contribution in [0.25, 0.3) is 0 Å². The van der Waals surface area contributed by atoms with Crippen molar-refractivity contribution in [3.8, 4) is 11.5 Å². The number of fused-ring (bicyclic) bond motifs is 1. The summed E-state index contributed by atoms with van der Waals surface area (Å²) in [6, 6.07) is 5.81. The van der Waals surface area contributed by atoms with Crippen LogP contribution in [0.2, 0.25) is 0 Å². The van der Waals surface area contributed by atoms with Crippen molar-refractivity contribution in [1.82, 2.24) is 4.90 Å². The van der Waals surface area contributed by atoms with Gasteiger partial charge in [-0.25, -0.2) is 0 Å². The largest absolute Gasteiger partial charge is 0.490 e. The quantitative estimate of drug-likeness (QED) is 0.910. The van der Waals surface area contributed by atoms with Crippen LogP contribution < -0.4 is 9.47 Å². The highest BCUT2D eigenvalue weighted by atomic mass is 16.5. The summed E-state index contributed by atoms with van der Waals surface area (Å²) in [5, 5.41) is 10.3. The minimum Gasteiger partial charge on any atom is -0.490 e. The Morgan fingerprint density at radius 3 is 2.37 bits per heavy atom. The van der Waals surface area contributed by atoms with Gasteiger partial charge in [-0.2, -0.15) is 0 Å². The van der Waals surface area contributed by atoms with Gasteiger partial charge >= 0.3 is 0 Å². The van der Waals surface area contributed by atoms with Crippen molar-refractivity contribution in [3.63, 3.8) is 0 Å². The third-order valence-electron chi connectivity index (χ3n) is 3.27. The molecule has 0 saturated heterocycles. The van der Waals surface area contributed by atoms with E-state index in [0.717, 1.165) is 23.5 Å². The summed E-state index contributed by atoms with van der Waals surface area (Å²) in [4.78, 5) is 2.01. The van der Waals surface area contributed by atoms with Gasteiger partial charge in [-0.1, -0.05) is 6.07 Å². The Labute approximate surface area is 114 Å². The molecule has 0 saturated carbocycles. The summed E-state index contributed by atoms with van der Waals surface area (Å²) in [6.45, 7) is 5.00. The molecule has 0 bridgehead atoms. The van der Waals surface area contributed by atoms with Gasteiger partial charge in [0, 0.05) is 6.42 Å². The van der Waals surface area contributed by atoms with Gasteiger partial charge in [0.1, 0.15) is 0 Å². The molecule has 1 aromatic rings. The summed E-state index contributed by atoms with van der Waals surface area (Å²) in [7, 11) is 3.93. The van der Waals surface area contributed by atoms with E-state index in [1.165, 1.54) is 0 Å². The standard InChI is InChI=1S/C15H23NO3/c1-15(2,17)14(16(3)4)11-6-7-12-13(10-11)19-9-5-8-18-12/h6-7,10,14,17H,5,8-9H2,1-4H3. The maximum Gasteiger partial charge on any atom is 0.161 e. The van der Waals surface area contributed by atoms with E-state index in [-0.39, 0.29) is 6.04 Å². The lowest BCUT2D eigenvalue weighted by molar-refractivity contribution is -0.00323. The summed E-state index contributed by atoms with van der Waals surface area (Å²) in [6.07, 6.45) is 0.895. The van der Waals surface area contributed by atoms with Gasteiger partial charge in [-0.3, -0.25) is 4.90 Å². The zero-order valence-electron chi connectivity index (χ0n) is 12.1. The molecule has 4 nitrogen and oxygen atoms in total. The van der Waals surface area contributed by atoms with E-state index in [1.54, 1.807) is 0 Å². The maximum absolute atomic E-state index is 10.3. The van der Waals surface area contributed by atoms with E-state index in [0.29, 0.717) is 13.2 Å². The molecule has 1 heterocycles. The third kappa shape index (κ3) is 3.19. The van der Waals surface area contributed by atoms with Gasteiger partial charge in [-0.05, 0) is 45.6 Å². The number of likely N-dealkylation sites (N-methyl/N-ethyl adjacent to an activating group) is 1. The highest BCUT2D eigenvalue weighted by molar-refractivity contribution is 5.44. The van der Waals surface area contributed by atoms with Gasteiger partial charge in [0.25, 0.3) is 0 Å². The van der Waals surface area contributed by atoms with Crippen LogP contribution in [0.1, 0.15) is 31.9 Å². The van der Waals surface area contributed by atoms with Crippen LogP contribution in [0.4, 0.5) is 0 Å². The molecule has 1 N–H and O–H groups in total. The van der Waals surface area contributed by atoms with Gasteiger partial charge in [0.15, 0.2) is 11.5 Å². The van der Waals surface area contributed by atoms with Crippen LogP contribution in [0.3, 0.4) is 0 Å². The molecule has 1 atom stereocenters. The zero-order valence-corrected chi connectivity index (χ0v) is 12.1. The van der Waals surface area contributed by atoms with Crippen LogP contribution in [0.15, 0.2) is 18.2 Å². The molecule has 1 aliphatic rings. The Kier molecular flexibility index (Phi) is 4.02. The molecule has 1 unspecified atom stereocenters. The summed E-state index contributed by atoms with van der Waals surface area (Å²) in [5.74, 6) is 1.56. The summed E-state index contributed by atoms with van der Waals surface area (Å²) >= 11 is 0. The average molecular weight is 265 g/mol. The topological polar surface area (TPSA) is 41.9 Å². The van der Waals surface area contributed by atoms with Gasteiger partial charge in [0.2, 0.25) is 0 Å². The number of aliphatic hydroxyl groups is 1. The van der Waals surface area contributed by atoms with Crippen molar-refractivity contribution in [2.45, 2.75) is 31.9 Å². The Morgan fingerprint density at radius 1 is 1.16 bits per heavy atom. The molecule has 4 heteroatoms. The molecular formula is C15H23NO3. The molecule has 0 fully saturated rings. The lowest BCUT2D eigenvalue weighted by Crippen LogP contribution is -2.38. The van der Waals surface area contributed by atoms with E-state index in [9.17, 15) is 5.11 Å². The van der Waals surface area contributed by atoms with Gasteiger partial charge < -0.3 is 14.6 Å². The summed E-state index contributed by atoms with van der Waals surface area (Å²) in [5.41, 5.74) is 0.199. The van der Waals surface area contributed by atoms with Crippen LogP contribution in [-0.2, 0) is 0 Å². The molecular weight excluding hydrogens is 242 g/mol. The first-order valence-electron chi connectivity index (χ1n) is 6.68. The van der Waals surface area contributed by atoms with Crippen LogP contribution in [-0.4, -0.2) is 42.9 Å². The van der Waals surface area contributed by atoms with Crippen molar-refractivity contribution < 1.29 is 14.6 Å². The Morgan fingerprint density at radius 2 is 1.79 bits per heavy atom. The number of hydrogen-bond donors (Lipinski definition) is 1. The number of ether oxygens (including phenoxy) is 2. The van der Waals surface area contributed by atoms with Crippen LogP contribution in [0.5, 0.6) is 11.5 Å². The first-order valence-corrected chi connectivity index (χ1v) is 6.68. The predicted molar refractivity (Wildman–Crippen MR) is 74.8 cm³/mol. The van der Waals surface area contributed by atoms with E-state index >= 15 is 0 Å². The fourth-order valence-corrected chi connectivity index (χ4v) is 2.69. The smallest absolute Gasteiger partial charge is 0.161 e. The maximum atomic E-state index is 10.3. The van der Waals surface area contributed by atoms with Crippen molar-refractivity contribution in [3.05, 3.63) is 23.8 Å². The van der Waals surface area contributed by atoms with E-state index < -0.39 is 5.60 Å². The second kappa shape index (κ2) is 5.39. The highest BCUT2D eigenvalue weighted by Crippen LogP contribution is 2.36. The fourth-order valence-electron chi connectivity index (χ4n) is 2.69. The molecule has 1 aromatic carbocycles. The first-order chi connectivity index (χ1) is 8.89. The fraction of sp³-hybridized carbons (Fsp3) is 0.600. The van der Waals surface area contributed by atoms with Crippen molar-refractivity contribution in [1.29, 1.82) is 0 Å². The molecule has 106 valence electrons. The lowest BCUT2D eigenvalue weighted by Gasteiger charge is -2.35. The molecule has 0 aliphatic carbocycles. The van der Waals surface area contributed by atoms with Crippen molar-refractivity contribution >= 4 is 0 Å². The molecule has 0 amide bonds. The van der Waals surface area contributed by atoms with Crippen LogP contribution >= 0.6 is 0 Å². The van der Waals surface area contributed by atoms with E-state index in [1.807, 2.05) is 51.0 Å².